The second-order valence-electron chi connectivity index (χ2n) is 5.65. The van der Waals surface area contributed by atoms with Gasteiger partial charge in [0.1, 0.15) is 0 Å². The van der Waals surface area contributed by atoms with Crippen molar-refractivity contribution < 1.29 is 4.74 Å². The molecule has 3 heterocycles. The summed E-state index contributed by atoms with van der Waals surface area (Å²) in [4.78, 5) is 16.7. The lowest BCUT2D eigenvalue weighted by atomic mass is 10.1. The van der Waals surface area contributed by atoms with Crippen molar-refractivity contribution >= 4 is 27.7 Å². The van der Waals surface area contributed by atoms with E-state index in [0.29, 0.717) is 0 Å². The zero-order valence-electron chi connectivity index (χ0n) is 13.1. The number of rotatable bonds is 3. The largest absolute Gasteiger partial charge is 0.378 e. The third-order valence-electron chi connectivity index (χ3n) is 4.03. The molecular formula is C19H17NO2S2. The van der Waals surface area contributed by atoms with Gasteiger partial charge in [-0.2, -0.15) is 0 Å². The van der Waals surface area contributed by atoms with Crippen LogP contribution in [-0.4, -0.2) is 26.3 Å². The van der Waals surface area contributed by atoms with Gasteiger partial charge in [0.2, 0.25) is 0 Å². The van der Waals surface area contributed by atoms with E-state index in [9.17, 15) is 4.79 Å². The van der Waals surface area contributed by atoms with E-state index in [0.717, 1.165) is 41.7 Å². The quantitative estimate of drug-likeness (QED) is 0.700. The van der Waals surface area contributed by atoms with E-state index in [2.05, 4.69) is 46.7 Å². The molecule has 3 aromatic rings. The molecule has 122 valence electrons. The number of morpholine rings is 1. The summed E-state index contributed by atoms with van der Waals surface area (Å²) in [5.41, 5.74) is 2.35. The van der Waals surface area contributed by atoms with Crippen molar-refractivity contribution in [1.29, 1.82) is 0 Å². The maximum atomic E-state index is 12.2. The van der Waals surface area contributed by atoms with E-state index in [1.165, 1.54) is 10.4 Å². The summed E-state index contributed by atoms with van der Waals surface area (Å²) in [5.74, 6) is 0. The maximum Gasteiger partial charge on any atom is 0.182 e. The van der Waals surface area contributed by atoms with Crippen molar-refractivity contribution in [2.24, 2.45) is 0 Å². The van der Waals surface area contributed by atoms with E-state index in [1.54, 1.807) is 34.8 Å². The molecule has 0 amide bonds. The molecule has 0 radical (unpaired) electrons. The highest BCUT2D eigenvalue weighted by molar-refractivity contribution is 7.19. The topological polar surface area (TPSA) is 29.5 Å². The highest BCUT2D eigenvalue weighted by atomic mass is 32.1. The van der Waals surface area contributed by atoms with Gasteiger partial charge in [0.25, 0.3) is 0 Å². The molecule has 0 atom stereocenters. The van der Waals surface area contributed by atoms with Crippen molar-refractivity contribution in [3.63, 3.8) is 0 Å². The molecule has 1 fully saturated rings. The summed E-state index contributed by atoms with van der Waals surface area (Å²) < 4.78 is 5.41. The predicted octanol–water partition coefficient (Wildman–Crippen LogP) is 4.34. The van der Waals surface area contributed by atoms with Gasteiger partial charge >= 0.3 is 0 Å². The zero-order valence-corrected chi connectivity index (χ0v) is 14.7. The fourth-order valence-electron chi connectivity index (χ4n) is 2.81. The van der Waals surface area contributed by atoms with E-state index < -0.39 is 0 Å². The summed E-state index contributed by atoms with van der Waals surface area (Å²) >= 11 is 3.40. The fraction of sp³-hybridized carbons (Fsp3) is 0.211. The van der Waals surface area contributed by atoms with Crippen LogP contribution in [0, 0.1) is 0 Å². The Morgan fingerprint density at radius 3 is 2.46 bits per heavy atom. The molecule has 3 nitrogen and oxygen atoms in total. The summed E-state index contributed by atoms with van der Waals surface area (Å²) in [6.45, 7) is 3.13. The molecule has 0 saturated carbocycles. The molecule has 1 saturated heterocycles. The average Bonchev–Trinajstić information content (AvgIpc) is 3.17. The van der Waals surface area contributed by atoms with Crippen LogP contribution < -0.4 is 10.3 Å². The standard InChI is InChI=1S/C19H17NO2S2/c21-16-12-18(24-19(13-16)20-6-8-22-9-7-20)15-4-1-3-14(11-15)17-5-2-10-23-17/h1-5,10-13H,6-9H2. The normalized spacial score (nSPS) is 14.8. The Hall–Kier alpha value is -1.95. The van der Waals surface area contributed by atoms with Gasteiger partial charge in [0.15, 0.2) is 5.43 Å². The van der Waals surface area contributed by atoms with Crippen molar-refractivity contribution in [2.45, 2.75) is 0 Å². The number of hydrogen-bond acceptors (Lipinski definition) is 5. The lowest BCUT2D eigenvalue weighted by Crippen LogP contribution is -2.36. The van der Waals surface area contributed by atoms with Crippen LogP contribution in [0.15, 0.2) is 58.7 Å². The summed E-state index contributed by atoms with van der Waals surface area (Å²) in [7, 11) is 0. The average molecular weight is 355 g/mol. The smallest absolute Gasteiger partial charge is 0.182 e. The van der Waals surface area contributed by atoms with Crippen molar-refractivity contribution in [1.82, 2.24) is 0 Å². The molecular weight excluding hydrogens is 338 g/mol. The molecule has 1 aromatic carbocycles. The molecule has 0 spiro atoms. The van der Waals surface area contributed by atoms with Gasteiger partial charge in [0, 0.05) is 35.0 Å². The van der Waals surface area contributed by atoms with Crippen LogP contribution >= 0.6 is 22.7 Å². The van der Waals surface area contributed by atoms with Crippen LogP contribution in [0.2, 0.25) is 0 Å². The predicted molar refractivity (Wildman–Crippen MR) is 102 cm³/mol. The second-order valence-corrected chi connectivity index (χ2v) is 7.66. The van der Waals surface area contributed by atoms with Crippen molar-refractivity contribution in [3.05, 3.63) is 64.1 Å². The number of benzene rings is 1. The summed E-state index contributed by atoms with van der Waals surface area (Å²) in [6.07, 6.45) is 0. The van der Waals surface area contributed by atoms with Crippen LogP contribution in [-0.2, 0) is 4.74 Å². The molecule has 0 unspecified atom stereocenters. The van der Waals surface area contributed by atoms with Crippen LogP contribution in [0.25, 0.3) is 20.9 Å². The first-order valence-electron chi connectivity index (χ1n) is 7.92. The molecule has 0 N–H and O–H groups in total. The Labute approximate surface area is 148 Å². The van der Waals surface area contributed by atoms with Gasteiger partial charge in [-0.05, 0) is 28.6 Å². The number of ether oxygens (including phenoxy) is 1. The summed E-state index contributed by atoms with van der Waals surface area (Å²) in [6, 6.07) is 16.1. The minimum atomic E-state index is 0.0618. The Kier molecular flexibility index (Phi) is 4.47. The van der Waals surface area contributed by atoms with Crippen molar-refractivity contribution in [2.75, 3.05) is 31.2 Å². The van der Waals surface area contributed by atoms with Gasteiger partial charge in [-0.15, -0.1) is 22.7 Å². The first-order chi connectivity index (χ1) is 11.8. The van der Waals surface area contributed by atoms with Crippen molar-refractivity contribution in [3.8, 4) is 20.9 Å². The van der Waals surface area contributed by atoms with Gasteiger partial charge in [-0.1, -0.05) is 24.3 Å². The van der Waals surface area contributed by atoms with Crippen LogP contribution in [0.4, 0.5) is 5.00 Å². The highest BCUT2D eigenvalue weighted by Gasteiger charge is 2.14. The molecule has 1 aliphatic rings. The molecule has 0 aliphatic carbocycles. The molecule has 5 heteroatoms. The van der Waals surface area contributed by atoms with Gasteiger partial charge in [-0.25, -0.2) is 0 Å². The zero-order chi connectivity index (χ0) is 16.4. The Balaban J connectivity index is 1.72. The number of thiophene rings is 1. The maximum absolute atomic E-state index is 12.2. The molecule has 0 bridgehead atoms. The lowest BCUT2D eigenvalue weighted by Gasteiger charge is -2.28. The van der Waals surface area contributed by atoms with Crippen LogP contribution in [0.5, 0.6) is 0 Å². The SMILES string of the molecule is O=c1cc(-c2cccc(-c3cccs3)c2)sc(N2CCOCC2)c1. The van der Waals surface area contributed by atoms with E-state index in [-0.39, 0.29) is 5.43 Å². The number of hydrogen-bond donors (Lipinski definition) is 0. The summed E-state index contributed by atoms with van der Waals surface area (Å²) in [5, 5.41) is 3.11. The van der Waals surface area contributed by atoms with Gasteiger partial charge in [0.05, 0.1) is 18.2 Å². The van der Waals surface area contributed by atoms with Crippen LogP contribution in [0.1, 0.15) is 0 Å². The Morgan fingerprint density at radius 2 is 1.71 bits per heavy atom. The lowest BCUT2D eigenvalue weighted by molar-refractivity contribution is 0.123. The fourth-order valence-corrected chi connectivity index (χ4v) is 4.67. The first-order valence-corrected chi connectivity index (χ1v) is 9.61. The number of anilines is 1. The minimum absolute atomic E-state index is 0.0618. The Morgan fingerprint density at radius 1 is 0.917 bits per heavy atom. The monoisotopic (exact) mass is 355 g/mol. The van der Waals surface area contributed by atoms with Gasteiger partial charge in [-0.3, -0.25) is 4.79 Å². The second kappa shape index (κ2) is 6.89. The third kappa shape index (κ3) is 3.29. The van der Waals surface area contributed by atoms with E-state index >= 15 is 0 Å². The van der Waals surface area contributed by atoms with Crippen LogP contribution in [0.3, 0.4) is 0 Å². The van der Waals surface area contributed by atoms with E-state index in [1.807, 2.05) is 0 Å². The Bertz CT molecular complexity index is 880. The molecule has 24 heavy (non-hydrogen) atoms. The highest BCUT2D eigenvalue weighted by Crippen LogP contribution is 2.33. The third-order valence-corrected chi connectivity index (χ3v) is 6.11. The van der Waals surface area contributed by atoms with Gasteiger partial charge < -0.3 is 9.64 Å². The molecule has 2 aromatic heterocycles. The first kappa shape index (κ1) is 15.6. The molecule has 4 rings (SSSR count). The molecule has 1 aliphatic heterocycles. The number of nitrogens with zero attached hydrogens (tertiary/aromatic N) is 1. The minimum Gasteiger partial charge on any atom is -0.378 e. The van der Waals surface area contributed by atoms with E-state index in [4.69, 9.17) is 4.74 Å².